The van der Waals surface area contributed by atoms with Crippen LogP contribution in [-0.2, 0) is 9.59 Å². The van der Waals surface area contributed by atoms with Crippen molar-refractivity contribution < 1.29 is 9.59 Å². The molecule has 2 aromatic carbocycles. The summed E-state index contributed by atoms with van der Waals surface area (Å²) in [6, 6.07) is 15.9. The third kappa shape index (κ3) is 6.73. The molecule has 1 fully saturated rings. The first-order valence-electron chi connectivity index (χ1n) is 10.6. The molecule has 30 heavy (non-hydrogen) atoms. The van der Waals surface area contributed by atoms with Crippen LogP contribution < -0.4 is 10.6 Å². The van der Waals surface area contributed by atoms with Crippen LogP contribution in [0.1, 0.15) is 47.9 Å². The number of hydrogen-bond acceptors (Lipinski definition) is 2. The van der Waals surface area contributed by atoms with Gasteiger partial charge in [-0.2, -0.15) is 0 Å². The summed E-state index contributed by atoms with van der Waals surface area (Å²) in [6.07, 6.45) is 10.6. The van der Waals surface area contributed by atoms with Crippen LogP contribution in [0.2, 0.25) is 0 Å². The van der Waals surface area contributed by atoms with Crippen LogP contribution in [0.25, 0.3) is 12.2 Å². The van der Waals surface area contributed by atoms with E-state index in [-0.39, 0.29) is 23.9 Å². The predicted octanol–water partition coefficient (Wildman–Crippen LogP) is 4.57. The molecule has 2 atom stereocenters. The zero-order valence-corrected chi connectivity index (χ0v) is 17.7. The molecule has 0 aromatic heterocycles. The van der Waals surface area contributed by atoms with Crippen molar-refractivity contribution in [3.8, 4) is 0 Å². The van der Waals surface area contributed by atoms with E-state index < -0.39 is 0 Å². The van der Waals surface area contributed by atoms with E-state index in [1.54, 1.807) is 12.2 Å². The van der Waals surface area contributed by atoms with Crippen molar-refractivity contribution in [3.63, 3.8) is 0 Å². The highest BCUT2D eigenvalue weighted by atomic mass is 16.2. The molecule has 0 spiro atoms. The minimum atomic E-state index is -0.128. The summed E-state index contributed by atoms with van der Waals surface area (Å²) in [6.45, 7) is 4.07. The Bertz CT molecular complexity index is 834. The summed E-state index contributed by atoms with van der Waals surface area (Å²) in [7, 11) is 0. The highest BCUT2D eigenvalue weighted by Crippen LogP contribution is 2.19. The molecule has 4 heteroatoms. The van der Waals surface area contributed by atoms with E-state index in [1.165, 1.54) is 11.1 Å². The molecule has 1 aliphatic rings. The van der Waals surface area contributed by atoms with Gasteiger partial charge >= 0.3 is 0 Å². The average molecular weight is 403 g/mol. The molecule has 0 radical (unpaired) electrons. The van der Waals surface area contributed by atoms with Crippen LogP contribution in [0.3, 0.4) is 0 Å². The summed E-state index contributed by atoms with van der Waals surface area (Å²) < 4.78 is 0. The maximum atomic E-state index is 12.4. The van der Waals surface area contributed by atoms with Gasteiger partial charge in [-0.1, -0.05) is 72.5 Å². The monoisotopic (exact) mass is 402 g/mol. The van der Waals surface area contributed by atoms with Gasteiger partial charge in [-0.25, -0.2) is 0 Å². The maximum absolute atomic E-state index is 12.4. The zero-order valence-electron chi connectivity index (χ0n) is 17.7. The molecule has 1 aliphatic carbocycles. The Balaban J connectivity index is 1.54. The van der Waals surface area contributed by atoms with Gasteiger partial charge in [0.2, 0.25) is 11.8 Å². The summed E-state index contributed by atoms with van der Waals surface area (Å²) in [5, 5.41) is 6.14. The fourth-order valence-electron chi connectivity index (χ4n) is 3.64. The van der Waals surface area contributed by atoms with E-state index >= 15 is 0 Å². The van der Waals surface area contributed by atoms with Crippen LogP contribution in [0, 0.1) is 13.8 Å². The zero-order chi connectivity index (χ0) is 21.3. The van der Waals surface area contributed by atoms with E-state index in [4.69, 9.17) is 0 Å². The fourth-order valence-corrected chi connectivity index (χ4v) is 3.64. The first kappa shape index (κ1) is 21.6. The Hall–Kier alpha value is -3.14. The molecule has 0 aliphatic heterocycles. The molecule has 1 saturated carbocycles. The Kier molecular flexibility index (Phi) is 7.61. The third-order valence-corrected chi connectivity index (χ3v) is 5.43. The number of hydrogen-bond donors (Lipinski definition) is 2. The molecule has 2 unspecified atom stereocenters. The molecule has 0 bridgehead atoms. The van der Waals surface area contributed by atoms with Crippen molar-refractivity contribution in [2.75, 3.05) is 0 Å². The summed E-state index contributed by atoms with van der Waals surface area (Å²) in [4.78, 5) is 24.8. The molecule has 3 rings (SSSR count). The minimum Gasteiger partial charge on any atom is -0.348 e. The maximum Gasteiger partial charge on any atom is 0.244 e. The molecular formula is C26H30N2O2. The van der Waals surface area contributed by atoms with Gasteiger partial charge in [0, 0.05) is 24.2 Å². The van der Waals surface area contributed by atoms with Gasteiger partial charge in [-0.3, -0.25) is 9.59 Å². The first-order chi connectivity index (χ1) is 14.5. The fraction of sp³-hybridized carbons (Fsp3) is 0.308. The number of carbonyl (C=O) groups excluding carboxylic acids is 2. The average Bonchev–Trinajstić information content (AvgIpc) is 2.74. The molecule has 2 aromatic rings. The van der Waals surface area contributed by atoms with Crippen molar-refractivity contribution in [1.29, 1.82) is 0 Å². The van der Waals surface area contributed by atoms with Gasteiger partial charge in [0.25, 0.3) is 0 Å². The predicted molar refractivity (Wildman–Crippen MR) is 123 cm³/mol. The molecule has 4 nitrogen and oxygen atoms in total. The third-order valence-electron chi connectivity index (χ3n) is 5.43. The SMILES string of the molecule is Cc1ccc(C=CC(=O)NC2CCCCC2NC(=O)C=Cc2ccc(C)cc2)cc1. The van der Waals surface area contributed by atoms with Crippen LogP contribution >= 0.6 is 0 Å². The van der Waals surface area contributed by atoms with Crippen LogP contribution in [-0.4, -0.2) is 23.9 Å². The van der Waals surface area contributed by atoms with Gasteiger partial charge in [-0.05, 0) is 50.0 Å². The molecular weight excluding hydrogens is 372 g/mol. The van der Waals surface area contributed by atoms with Crippen LogP contribution in [0.15, 0.2) is 60.7 Å². The van der Waals surface area contributed by atoms with Crippen molar-refractivity contribution >= 4 is 24.0 Å². The van der Waals surface area contributed by atoms with Crippen molar-refractivity contribution in [1.82, 2.24) is 10.6 Å². The Morgan fingerprint density at radius 3 is 1.43 bits per heavy atom. The van der Waals surface area contributed by atoms with E-state index in [9.17, 15) is 9.59 Å². The number of amides is 2. The Labute approximate surface area is 179 Å². The van der Waals surface area contributed by atoms with E-state index in [1.807, 2.05) is 74.5 Å². The topological polar surface area (TPSA) is 58.2 Å². The second-order valence-electron chi connectivity index (χ2n) is 8.00. The lowest BCUT2D eigenvalue weighted by molar-refractivity contribution is -0.120. The van der Waals surface area contributed by atoms with Crippen LogP contribution in [0.5, 0.6) is 0 Å². The van der Waals surface area contributed by atoms with Crippen molar-refractivity contribution in [3.05, 3.63) is 82.9 Å². The number of nitrogens with one attached hydrogen (secondary N) is 2. The lowest BCUT2D eigenvalue weighted by Gasteiger charge is -2.32. The Morgan fingerprint density at radius 2 is 1.07 bits per heavy atom. The highest BCUT2D eigenvalue weighted by Gasteiger charge is 2.26. The molecule has 2 N–H and O–H groups in total. The van der Waals surface area contributed by atoms with Gasteiger partial charge in [-0.15, -0.1) is 0 Å². The van der Waals surface area contributed by atoms with Gasteiger partial charge in [0.05, 0.1) is 0 Å². The number of rotatable bonds is 6. The number of carbonyl (C=O) groups is 2. The Morgan fingerprint density at radius 1 is 0.700 bits per heavy atom. The lowest BCUT2D eigenvalue weighted by Crippen LogP contribution is -2.52. The quantitative estimate of drug-likeness (QED) is 0.695. The first-order valence-corrected chi connectivity index (χ1v) is 10.6. The standard InChI is InChI=1S/C26H30N2O2/c1-19-7-11-21(12-8-19)15-17-25(29)27-23-5-3-4-6-24(23)28-26(30)18-16-22-13-9-20(2)10-14-22/h7-18,23-24H,3-6H2,1-2H3,(H,27,29)(H,28,30). The highest BCUT2D eigenvalue weighted by molar-refractivity contribution is 5.93. The smallest absolute Gasteiger partial charge is 0.244 e. The molecule has 0 saturated heterocycles. The lowest BCUT2D eigenvalue weighted by atomic mass is 9.90. The summed E-state index contributed by atoms with van der Waals surface area (Å²) in [5.74, 6) is -0.256. The normalized spacial score (nSPS) is 19.1. The van der Waals surface area contributed by atoms with Gasteiger partial charge < -0.3 is 10.6 Å². The number of aryl methyl sites for hydroxylation is 2. The molecule has 0 heterocycles. The second-order valence-corrected chi connectivity index (χ2v) is 8.00. The van der Waals surface area contributed by atoms with Gasteiger partial charge in [0.15, 0.2) is 0 Å². The summed E-state index contributed by atoms with van der Waals surface area (Å²) in [5.41, 5.74) is 4.36. The van der Waals surface area contributed by atoms with E-state index in [0.29, 0.717) is 0 Å². The van der Waals surface area contributed by atoms with Crippen molar-refractivity contribution in [2.45, 2.75) is 51.6 Å². The summed E-state index contributed by atoms with van der Waals surface area (Å²) >= 11 is 0. The van der Waals surface area contributed by atoms with E-state index in [2.05, 4.69) is 10.6 Å². The minimum absolute atomic E-state index is 0.0503. The molecule has 2 amide bonds. The van der Waals surface area contributed by atoms with Gasteiger partial charge in [0.1, 0.15) is 0 Å². The second kappa shape index (κ2) is 10.6. The van der Waals surface area contributed by atoms with Crippen LogP contribution in [0.4, 0.5) is 0 Å². The largest absolute Gasteiger partial charge is 0.348 e. The molecule has 156 valence electrons. The number of benzene rings is 2. The van der Waals surface area contributed by atoms with E-state index in [0.717, 1.165) is 36.8 Å². The van der Waals surface area contributed by atoms with Crippen molar-refractivity contribution in [2.24, 2.45) is 0 Å².